The van der Waals surface area contributed by atoms with Gasteiger partial charge in [-0.15, -0.1) is 0 Å². The zero-order valence-electron chi connectivity index (χ0n) is 22.5. The molecule has 11 heteroatoms. The molecule has 0 radical (unpaired) electrons. The second-order valence-corrected chi connectivity index (χ2v) is 10.1. The molecular weight excluding hydrogens is 519 g/mol. The molecule has 3 atom stereocenters. The van der Waals surface area contributed by atoms with Crippen molar-refractivity contribution in [3.8, 4) is 28.5 Å². The van der Waals surface area contributed by atoms with Crippen molar-refractivity contribution in [3.05, 3.63) is 66.1 Å². The number of nitrogens with zero attached hydrogens (tertiary/aromatic N) is 3. The number of ether oxygens (including phenoxy) is 3. The summed E-state index contributed by atoms with van der Waals surface area (Å²) in [6, 6.07) is 11.9. The number of aromatic nitrogens is 1. The molecule has 5 rings (SSSR count). The molecule has 0 saturated heterocycles. The first-order chi connectivity index (χ1) is 19.2. The number of carbonyl (C=O) groups is 2. The molecule has 0 unspecified atom stereocenters. The van der Waals surface area contributed by atoms with Crippen LogP contribution < -0.4 is 19.5 Å². The minimum Gasteiger partial charge on any atom is -0.472 e. The van der Waals surface area contributed by atoms with Gasteiger partial charge in [0.2, 0.25) is 12.7 Å². The van der Waals surface area contributed by atoms with Crippen LogP contribution >= 0.6 is 0 Å². The second kappa shape index (κ2) is 11.4. The lowest BCUT2D eigenvalue weighted by Gasteiger charge is -2.37. The molecule has 3 amide bonds. The maximum atomic E-state index is 13.6. The number of nitrogens with one attached hydrogen (secondary N) is 1. The summed E-state index contributed by atoms with van der Waals surface area (Å²) in [6.07, 6.45) is 1.05. The molecule has 0 aliphatic carbocycles. The van der Waals surface area contributed by atoms with Crippen LogP contribution in [0.3, 0.4) is 0 Å². The van der Waals surface area contributed by atoms with Crippen LogP contribution in [0.25, 0.3) is 11.1 Å². The van der Waals surface area contributed by atoms with Crippen molar-refractivity contribution in [2.45, 2.75) is 26.0 Å². The summed E-state index contributed by atoms with van der Waals surface area (Å²) in [7, 11) is 1.66. The van der Waals surface area contributed by atoms with Crippen molar-refractivity contribution < 1.29 is 33.3 Å². The second-order valence-electron chi connectivity index (χ2n) is 10.1. The van der Waals surface area contributed by atoms with Crippen LogP contribution in [0.2, 0.25) is 0 Å². The molecule has 0 bridgehead atoms. The third-order valence-electron chi connectivity index (χ3n) is 7.12. The number of fused-ring (bicyclic) bond motifs is 2. The third-order valence-corrected chi connectivity index (χ3v) is 7.12. The standard InChI is InChI=1S/C29H31FN4O6/c1-17-13-34(18(2)15-35)28(36)23-10-20(19-4-6-21(30)7-5-19)12-31-27(23)40-26(17)14-33(3)29(37)32-22-8-9-24-25(11-22)39-16-38-24/h4-12,17-18,26,35H,13-16H2,1-3H3,(H,32,37)/t17-,18+,26-/m0/s1. The number of urea groups is 1. The number of carbonyl (C=O) groups excluding carboxylic acids is 2. The van der Waals surface area contributed by atoms with E-state index < -0.39 is 12.1 Å². The summed E-state index contributed by atoms with van der Waals surface area (Å²) in [4.78, 5) is 34.2. The maximum Gasteiger partial charge on any atom is 0.321 e. The van der Waals surface area contributed by atoms with Gasteiger partial charge in [-0.25, -0.2) is 14.2 Å². The van der Waals surface area contributed by atoms with E-state index in [1.54, 1.807) is 61.5 Å². The zero-order valence-corrected chi connectivity index (χ0v) is 22.5. The van der Waals surface area contributed by atoms with Crippen LogP contribution in [0.15, 0.2) is 54.7 Å². The van der Waals surface area contributed by atoms with Gasteiger partial charge in [0.05, 0.1) is 19.2 Å². The normalized spacial score (nSPS) is 18.7. The van der Waals surface area contributed by atoms with Gasteiger partial charge in [-0.05, 0) is 42.8 Å². The van der Waals surface area contributed by atoms with Crippen LogP contribution in [0.1, 0.15) is 24.2 Å². The van der Waals surface area contributed by atoms with Crippen molar-refractivity contribution in [1.82, 2.24) is 14.8 Å². The van der Waals surface area contributed by atoms with Gasteiger partial charge in [0.1, 0.15) is 17.5 Å². The minimum atomic E-state index is -0.517. The lowest BCUT2D eigenvalue weighted by Crippen LogP contribution is -2.50. The van der Waals surface area contributed by atoms with E-state index >= 15 is 0 Å². The predicted molar refractivity (Wildman–Crippen MR) is 145 cm³/mol. The van der Waals surface area contributed by atoms with Gasteiger partial charge < -0.3 is 34.4 Å². The molecule has 0 fully saturated rings. The van der Waals surface area contributed by atoms with E-state index in [4.69, 9.17) is 14.2 Å². The average Bonchev–Trinajstić information content (AvgIpc) is 3.42. The number of aliphatic hydroxyl groups excluding tert-OH is 1. The first kappa shape index (κ1) is 27.2. The Hall–Kier alpha value is -4.38. The lowest BCUT2D eigenvalue weighted by atomic mass is 9.99. The molecular formula is C29H31FN4O6. The summed E-state index contributed by atoms with van der Waals surface area (Å²) in [6.45, 7) is 4.11. The number of hydrogen-bond acceptors (Lipinski definition) is 7. The minimum absolute atomic E-state index is 0.132. The van der Waals surface area contributed by atoms with Crippen molar-refractivity contribution in [1.29, 1.82) is 0 Å². The molecule has 2 N–H and O–H groups in total. The number of halogens is 1. The fourth-order valence-electron chi connectivity index (χ4n) is 4.67. The highest BCUT2D eigenvalue weighted by Gasteiger charge is 2.35. The van der Waals surface area contributed by atoms with E-state index in [0.717, 1.165) is 0 Å². The van der Waals surface area contributed by atoms with Crippen LogP contribution in [0.5, 0.6) is 17.4 Å². The van der Waals surface area contributed by atoms with E-state index in [9.17, 15) is 19.1 Å². The Morgan fingerprint density at radius 1 is 1.18 bits per heavy atom. The van der Waals surface area contributed by atoms with E-state index in [1.165, 1.54) is 17.0 Å². The molecule has 0 saturated carbocycles. The molecule has 2 aliphatic rings. The van der Waals surface area contributed by atoms with Gasteiger partial charge in [0.15, 0.2) is 11.5 Å². The third kappa shape index (κ3) is 5.64. The Bertz CT molecular complexity index is 1400. The number of benzene rings is 2. The number of amides is 3. The van der Waals surface area contributed by atoms with Crippen LogP contribution in [0.4, 0.5) is 14.9 Å². The fraction of sp³-hybridized carbons (Fsp3) is 0.345. The highest BCUT2D eigenvalue weighted by Crippen LogP contribution is 2.34. The number of rotatable bonds is 6. The molecule has 3 aromatic rings. The van der Waals surface area contributed by atoms with Gasteiger partial charge >= 0.3 is 6.03 Å². The molecule has 2 aromatic carbocycles. The Balaban J connectivity index is 1.39. The van der Waals surface area contributed by atoms with E-state index in [2.05, 4.69) is 10.3 Å². The van der Waals surface area contributed by atoms with Crippen molar-refractivity contribution >= 4 is 17.6 Å². The Morgan fingerprint density at radius 3 is 2.67 bits per heavy atom. The summed E-state index contributed by atoms with van der Waals surface area (Å²) >= 11 is 0. The number of pyridine rings is 1. The van der Waals surface area contributed by atoms with Gasteiger partial charge in [0.25, 0.3) is 5.91 Å². The molecule has 40 heavy (non-hydrogen) atoms. The molecule has 3 heterocycles. The maximum absolute atomic E-state index is 13.6. The smallest absolute Gasteiger partial charge is 0.321 e. The first-order valence-corrected chi connectivity index (χ1v) is 13.0. The lowest BCUT2D eigenvalue weighted by molar-refractivity contribution is 0.0356. The average molecular weight is 551 g/mol. The van der Waals surface area contributed by atoms with E-state index in [0.29, 0.717) is 34.9 Å². The Kier molecular flexibility index (Phi) is 7.74. The van der Waals surface area contributed by atoms with Crippen molar-refractivity contribution in [2.75, 3.05) is 38.9 Å². The summed E-state index contributed by atoms with van der Waals surface area (Å²) in [5.41, 5.74) is 2.10. The topological polar surface area (TPSA) is 113 Å². The number of anilines is 1. The number of likely N-dealkylation sites (N-methyl/N-ethyl adjacent to an activating group) is 1. The van der Waals surface area contributed by atoms with Crippen LogP contribution in [0, 0.1) is 11.7 Å². The summed E-state index contributed by atoms with van der Waals surface area (Å²) < 4.78 is 30.5. The zero-order chi connectivity index (χ0) is 28.4. The van der Waals surface area contributed by atoms with Gasteiger partial charge in [-0.2, -0.15) is 0 Å². The highest BCUT2D eigenvalue weighted by molar-refractivity contribution is 5.98. The van der Waals surface area contributed by atoms with Crippen molar-refractivity contribution in [3.63, 3.8) is 0 Å². The molecule has 0 spiro atoms. The van der Waals surface area contributed by atoms with Crippen molar-refractivity contribution in [2.24, 2.45) is 5.92 Å². The van der Waals surface area contributed by atoms with Gasteiger partial charge in [-0.3, -0.25) is 4.79 Å². The monoisotopic (exact) mass is 550 g/mol. The summed E-state index contributed by atoms with van der Waals surface area (Å²) in [5.74, 6) is 0.412. The number of aliphatic hydroxyl groups is 1. The molecule has 210 valence electrons. The number of hydrogen-bond donors (Lipinski definition) is 2. The predicted octanol–water partition coefficient (Wildman–Crippen LogP) is 4.00. The van der Waals surface area contributed by atoms with Crippen LogP contribution in [-0.2, 0) is 0 Å². The molecule has 10 nitrogen and oxygen atoms in total. The van der Waals surface area contributed by atoms with Crippen LogP contribution in [-0.4, -0.2) is 77.5 Å². The first-order valence-electron chi connectivity index (χ1n) is 13.0. The Morgan fingerprint density at radius 2 is 1.93 bits per heavy atom. The Labute approximate surface area is 231 Å². The van der Waals surface area contributed by atoms with Gasteiger partial charge in [0, 0.05) is 43.0 Å². The summed E-state index contributed by atoms with van der Waals surface area (Å²) in [5, 5.41) is 12.7. The largest absolute Gasteiger partial charge is 0.472 e. The molecule has 1 aromatic heterocycles. The van der Waals surface area contributed by atoms with Gasteiger partial charge in [-0.1, -0.05) is 19.1 Å². The quantitative estimate of drug-likeness (QED) is 0.477. The van der Waals surface area contributed by atoms with E-state index in [-0.39, 0.29) is 55.1 Å². The SMILES string of the molecule is C[C@H](CO)N1C[C@H](C)[C@H](CN(C)C(=O)Nc2ccc3c(c2)OCO3)Oc2ncc(-c3ccc(F)cc3)cc2C1=O. The highest BCUT2D eigenvalue weighted by atomic mass is 19.1. The molecule has 2 aliphatic heterocycles. The fourth-order valence-corrected chi connectivity index (χ4v) is 4.67. The van der Waals surface area contributed by atoms with E-state index in [1.807, 2.05) is 6.92 Å².